The van der Waals surface area contributed by atoms with Crippen molar-refractivity contribution in [2.75, 3.05) is 0 Å². The second-order valence-electron chi connectivity index (χ2n) is 11.0. The highest BCUT2D eigenvalue weighted by Crippen LogP contribution is 2.34. The highest BCUT2D eigenvalue weighted by atomic mass is 16.6. The van der Waals surface area contributed by atoms with E-state index in [1.54, 1.807) is 0 Å². The van der Waals surface area contributed by atoms with Gasteiger partial charge in [-0.25, -0.2) is 0 Å². The zero-order valence-corrected chi connectivity index (χ0v) is 21.1. The standard InChI is InChI=1S/C27H45NO6/c1-2-3-4-5-6-7-20-8-16-24(17-9-20)33-27(30)22-12-18-25(19-13-22)34-26(29)21-10-14-23(15-11-21)28(31)32/h20-25H,2-19H2,1H3. The molecule has 0 radical (unpaired) electrons. The lowest BCUT2D eigenvalue weighted by Crippen LogP contribution is -2.34. The molecule has 0 N–H and O–H groups in total. The van der Waals surface area contributed by atoms with Crippen LogP contribution in [0.1, 0.15) is 122 Å². The molecule has 0 aromatic heterocycles. The molecule has 3 aliphatic carbocycles. The predicted octanol–water partition coefficient (Wildman–Crippen LogP) is 6.39. The van der Waals surface area contributed by atoms with Gasteiger partial charge in [-0.3, -0.25) is 19.7 Å². The highest BCUT2D eigenvalue weighted by molar-refractivity contribution is 5.73. The monoisotopic (exact) mass is 479 g/mol. The number of hydrogen-bond donors (Lipinski definition) is 0. The van der Waals surface area contributed by atoms with Crippen molar-refractivity contribution >= 4 is 11.9 Å². The molecule has 0 bridgehead atoms. The van der Waals surface area contributed by atoms with Gasteiger partial charge in [-0.15, -0.1) is 0 Å². The molecule has 3 rings (SSSR count). The van der Waals surface area contributed by atoms with E-state index in [1.807, 2.05) is 0 Å². The Morgan fingerprint density at radius 2 is 1.18 bits per heavy atom. The molecular weight excluding hydrogens is 434 g/mol. The van der Waals surface area contributed by atoms with Crippen molar-refractivity contribution in [3.05, 3.63) is 10.1 Å². The van der Waals surface area contributed by atoms with Crippen molar-refractivity contribution in [2.45, 2.75) is 141 Å². The smallest absolute Gasteiger partial charge is 0.309 e. The maximum absolute atomic E-state index is 12.7. The minimum absolute atomic E-state index is 0.0640. The van der Waals surface area contributed by atoms with Gasteiger partial charge in [0.05, 0.1) is 11.8 Å². The molecule has 0 heterocycles. The Hall–Kier alpha value is -1.66. The minimum atomic E-state index is -0.517. The number of carbonyl (C=O) groups is 2. The van der Waals surface area contributed by atoms with E-state index in [2.05, 4.69) is 6.92 Å². The van der Waals surface area contributed by atoms with Gasteiger partial charge in [-0.1, -0.05) is 45.4 Å². The van der Waals surface area contributed by atoms with Crippen LogP contribution in [0.25, 0.3) is 0 Å². The third kappa shape index (κ3) is 8.53. The Labute approximate surface area is 204 Å². The van der Waals surface area contributed by atoms with Crippen molar-refractivity contribution in [3.63, 3.8) is 0 Å². The predicted molar refractivity (Wildman–Crippen MR) is 130 cm³/mol. The van der Waals surface area contributed by atoms with Crippen LogP contribution in [0, 0.1) is 27.9 Å². The number of nitrogens with zero attached hydrogens (tertiary/aromatic N) is 1. The Kier molecular flexibility index (Phi) is 11.1. The summed E-state index contributed by atoms with van der Waals surface area (Å²) in [4.78, 5) is 35.8. The quantitative estimate of drug-likeness (QED) is 0.147. The van der Waals surface area contributed by atoms with Gasteiger partial charge < -0.3 is 9.47 Å². The van der Waals surface area contributed by atoms with Crippen LogP contribution in [-0.4, -0.2) is 35.1 Å². The number of ether oxygens (including phenoxy) is 2. The first-order chi connectivity index (χ1) is 16.5. The zero-order valence-electron chi connectivity index (χ0n) is 21.1. The summed E-state index contributed by atoms with van der Waals surface area (Å²) in [5, 5.41) is 10.9. The summed E-state index contributed by atoms with van der Waals surface area (Å²) in [6.45, 7) is 2.25. The van der Waals surface area contributed by atoms with Crippen molar-refractivity contribution in [3.8, 4) is 0 Å². The van der Waals surface area contributed by atoms with Gasteiger partial charge in [-0.2, -0.15) is 0 Å². The van der Waals surface area contributed by atoms with E-state index in [0.29, 0.717) is 51.4 Å². The van der Waals surface area contributed by atoms with Crippen LogP contribution in [0.4, 0.5) is 0 Å². The van der Waals surface area contributed by atoms with Crippen LogP contribution in [0.2, 0.25) is 0 Å². The molecule has 34 heavy (non-hydrogen) atoms. The Morgan fingerprint density at radius 3 is 1.68 bits per heavy atom. The first-order valence-electron chi connectivity index (χ1n) is 14.0. The van der Waals surface area contributed by atoms with Crippen molar-refractivity contribution < 1.29 is 24.0 Å². The molecule has 0 aromatic rings. The maximum atomic E-state index is 12.7. The molecule has 3 saturated carbocycles. The van der Waals surface area contributed by atoms with E-state index in [1.165, 1.54) is 51.4 Å². The highest BCUT2D eigenvalue weighted by Gasteiger charge is 2.36. The summed E-state index contributed by atoms with van der Waals surface area (Å²) in [5.41, 5.74) is 0. The van der Waals surface area contributed by atoms with E-state index in [0.717, 1.165) is 18.8 Å². The lowest BCUT2D eigenvalue weighted by molar-refractivity contribution is -0.526. The van der Waals surface area contributed by atoms with E-state index >= 15 is 0 Å². The molecule has 194 valence electrons. The molecule has 7 nitrogen and oxygen atoms in total. The van der Waals surface area contributed by atoms with Gasteiger partial charge in [0.25, 0.3) is 0 Å². The molecule has 0 saturated heterocycles. The molecule has 0 amide bonds. The summed E-state index contributed by atoms with van der Waals surface area (Å²) < 4.78 is 11.6. The second-order valence-corrected chi connectivity index (χ2v) is 11.0. The first-order valence-corrected chi connectivity index (χ1v) is 14.0. The van der Waals surface area contributed by atoms with Gasteiger partial charge in [0.1, 0.15) is 12.2 Å². The Morgan fingerprint density at radius 1 is 0.706 bits per heavy atom. The van der Waals surface area contributed by atoms with Crippen molar-refractivity contribution in [1.82, 2.24) is 0 Å². The van der Waals surface area contributed by atoms with Crippen LogP contribution in [0.3, 0.4) is 0 Å². The fraction of sp³-hybridized carbons (Fsp3) is 0.926. The number of rotatable bonds is 11. The topological polar surface area (TPSA) is 95.7 Å². The molecule has 3 aliphatic rings. The van der Waals surface area contributed by atoms with Crippen molar-refractivity contribution in [2.24, 2.45) is 17.8 Å². The number of hydrogen-bond acceptors (Lipinski definition) is 6. The van der Waals surface area contributed by atoms with Crippen LogP contribution in [0.5, 0.6) is 0 Å². The molecule has 3 fully saturated rings. The van der Waals surface area contributed by atoms with Crippen molar-refractivity contribution in [1.29, 1.82) is 0 Å². The van der Waals surface area contributed by atoms with E-state index in [4.69, 9.17) is 9.47 Å². The number of nitro groups is 1. The van der Waals surface area contributed by atoms with E-state index in [9.17, 15) is 19.7 Å². The molecule has 7 heteroatoms. The van der Waals surface area contributed by atoms with Gasteiger partial charge >= 0.3 is 11.9 Å². The fourth-order valence-corrected chi connectivity index (χ4v) is 6.03. The normalized spacial score (nSPS) is 32.0. The average Bonchev–Trinajstić information content (AvgIpc) is 2.85. The lowest BCUT2D eigenvalue weighted by atomic mass is 9.83. The van der Waals surface area contributed by atoms with Gasteiger partial charge in [0, 0.05) is 17.8 Å². The van der Waals surface area contributed by atoms with Gasteiger partial charge in [0.15, 0.2) is 0 Å². The Balaban J connectivity index is 1.27. The summed E-state index contributed by atoms with van der Waals surface area (Å²) in [5.74, 6) is 0.226. The average molecular weight is 480 g/mol. The third-order valence-corrected chi connectivity index (χ3v) is 8.41. The largest absolute Gasteiger partial charge is 0.462 e. The van der Waals surface area contributed by atoms with Crippen LogP contribution >= 0.6 is 0 Å². The molecule has 0 aliphatic heterocycles. The summed E-state index contributed by atoms with van der Waals surface area (Å²) >= 11 is 0. The minimum Gasteiger partial charge on any atom is -0.462 e. The van der Waals surface area contributed by atoms with E-state index < -0.39 is 6.04 Å². The number of esters is 2. The summed E-state index contributed by atoms with van der Waals surface area (Å²) in [6, 6.07) is -0.517. The third-order valence-electron chi connectivity index (χ3n) is 8.41. The zero-order chi connectivity index (χ0) is 24.3. The number of unbranched alkanes of at least 4 members (excludes halogenated alkanes) is 4. The second kappa shape index (κ2) is 14.0. The molecule has 0 spiro atoms. The first kappa shape index (κ1) is 26.9. The molecular formula is C27H45NO6. The summed E-state index contributed by atoms with van der Waals surface area (Å²) in [6.07, 6.45) is 17.1. The van der Waals surface area contributed by atoms with Crippen LogP contribution < -0.4 is 0 Å². The lowest BCUT2D eigenvalue weighted by Gasteiger charge is -2.32. The van der Waals surface area contributed by atoms with Gasteiger partial charge in [-0.05, 0) is 70.1 Å². The van der Waals surface area contributed by atoms with Crippen LogP contribution in [-0.2, 0) is 19.1 Å². The maximum Gasteiger partial charge on any atom is 0.309 e. The molecule has 0 aromatic carbocycles. The van der Waals surface area contributed by atoms with E-state index in [-0.39, 0.29) is 40.9 Å². The Bertz CT molecular complexity index is 644. The molecule has 0 atom stereocenters. The van der Waals surface area contributed by atoms with Crippen LogP contribution in [0.15, 0.2) is 0 Å². The number of carbonyl (C=O) groups excluding carboxylic acids is 2. The molecule has 0 unspecified atom stereocenters. The SMILES string of the molecule is CCCCCCCC1CCC(OC(=O)C2CCC(OC(=O)C3CCC([N+](=O)[O-])CC3)CC2)CC1. The fourth-order valence-electron chi connectivity index (χ4n) is 6.03. The summed E-state index contributed by atoms with van der Waals surface area (Å²) in [7, 11) is 0. The van der Waals surface area contributed by atoms with Gasteiger partial charge in [0.2, 0.25) is 6.04 Å².